The van der Waals surface area contributed by atoms with Crippen molar-refractivity contribution in [3.05, 3.63) is 45.9 Å². The van der Waals surface area contributed by atoms with Crippen LogP contribution in [0.25, 0.3) is 0 Å². The minimum atomic E-state index is -3.58. The van der Waals surface area contributed by atoms with E-state index in [1.165, 1.54) is 15.6 Å². The molecule has 134 valence electrons. The number of thiazole rings is 1. The maximum atomic E-state index is 12.8. The highest BCUT2D eigenvalue weighted by Gasteiger charge is 2.25. The second-order valence-corrected chi connectivity index (χ2v) is 8.91. The van der Waals surface area contributed by atoms with E-state index in [9.17, 15) is 13.2 Å². The van der Waals surface area contributed by atoms with Crippen LogP contribution >= 0.6 is 11.3 Å². The molecule has 0 saturated heterocycles. The number of carbonyl (C=O) groups excluding carboxylic acids is 1. The average molecular weight is 380 g/mol. The minimum absolute atomic E-state index is 0.0106. The van der Waals surface area contributed by atoms with Gasteiger partial charge in [-0.2, -0.15) is 4.31 Å². The molecule has 0 radical (unpaired) electrons. The minimum Gasteiger partial charge on any atom is -0.337 e. The fraction of sp³-hybridized carbons (Fsp3) is 0.375. The molecule has 1 aliphatic heterocycles. The van der Waals surface area contributed by atoms with Crippen molar-refractivity contribution >= 4 is 27.3 Å². The van der Waals surface area contributed by atoms with Gasteiger partial charge in [-0.1, -0.05) is 6.07 Å². The first-order valence-corrected chi connectivity index (χ1v) is 10.2. The Bertz CT molecular complexity index is 866. The summed E-state index contributed by atoms with van der Waals surface area (Å²) in [5.41, 5.74) is 7.34. The van der Waals surface area contributed by atoms with E-state index in [1.807, 2.05) is 5.38 Å². The molecular weight excluding hydrogens is 360 g/mol. The van der Waals surface area contributed by atoms with Gasteiger partial charge in [-0.15, -0.1) is 11.3 Å². The third-order valence-electron chi connectivity index (χ3n) is 4.27. The summed E-state index contributed by atoms with van der Waals surface area (Å²) in [5, 5.41) is 2.57. The number of benzene rings is 1. The summed E-state index contributed by atoms with van der Waals surface area (Å²) in [5.74, 6) is -0.0921. The van der Waals surface area contributed by atoms with Crippen LogP contribution in [0.5, 0.6) is 0 Å². The molecule has 0 spiro atoms. The maximum Gasteiger partial charge on any atom is 0.243 e. The number of hydrogen-bond donors (Lipinski definition) is 1. The zero-order valence-corrected chi connectivity index (χ0v) is 15.5. The van der Waals surface area contributed by atoms with Gasteiger partial charge in [-0.3, -0.25) is 4.79 Å². The van der Waals surface area contributed by atoms with Crippen LogP contribution in [0.4, 0.5) is 0 Å². The van der Waals surface area contributed by atoms with Crippen LogP contribution in [0.2, 0.25) is 0 Å². The van der Waals surface area contributed by atoms with E-state index in [2.05, 4.69) is 4.98 Å². The van der Waals surface area contributed by atoms with Crippen LogP contribution in [0.1, 0.15) is 16.1 Å². The molecule has 25 heavy (non-hydrogen) atoms. The molecule has 2 heterocycles. The largest absolute Gasteiger partial charge is 0.337 e. The van der Waals surface area contributed by atoms with E-state index in [0.29, 0.717) is 19.5 Å². The fourth-order valence-electron chi connectivity index (χ4n) is 2.82. The van der Waals surface area contributed by atoms with Crippen LogP contribution in [0, 0.1) is 0 Å². The molecular formula is C16H20N4O3S2. The lowest BCUT2D eigenvalue weighted by molar-refractivity contribution is -0.130. The summed E-state index contributed by atoms with van der Waals surface area (Å²) >= 11 is 1.43. The summed E-state index contributed by atoms with van der Waals surface area (Å²) in [6, 6.07) is 5.10. The Morgan fingerprint density at radius 3 is 2.88 bits per heavy atom. The number of sulfonamides is 1. The van der Waals surface area contributed by atoms with Gasteiger partial charge in [0.1, 0.15) is 5.01 Å². The Labute approximate surface area is 151 Å². The van der Waals surface area contributed by atoms with Crippen LogP contribution in [0.15, 0.2) is 34.7 Å². The summed E-state index contributed by atoms with van der Waals surface area (Å²) in [7, 11) is -2.03. The number of rotatable bonds is 5. The number of hydrogen-bond acceptors (Lipinski definition) is 6. The molecule has 1 aliphatic rings. The predicted molar refractivity (Wildman–Crippen MR) is 95.4 cm³/mol. The van der Waals surface area contributed by atoms with Crippen LogP contribution in [0.3, 0.4) is 0 Å². The summed E-state index contributed by atoms with van der Waals surface area (Å²) in [6.07, 6.45) is 2.29. The molecule has 1 aromatic heterocycles. The maximum absolute atomic E-state index is 12.8. The van der Waals surface area contributed by atoms with Gasteiger partial charge < -0.3 is 10.6 Å². The van der Waals surface area contributed by atoms with Crippen molar-refractivity contribution in [3.63, 3.8) is 0 Å². The smallest absolute Gasteiger partial charge is 0.243 e. The van der Waals surface area contributed by atoms with Crippen molar-refractivity contribution in [2.75, 3.05) is 20.1 Å². The third-order valence-corrected chi connectivity index (χ3v) is 6.83. The van der Waals surface area contributed by atoms with Gasteiger partial charge in [0.15, 0.2) is 0 Å². The Hall–Kier alpha value is -1.81. The Morgan fingerprint density at radius 2 is 2.20 bits per heavy atom. The third kappa shape index (κ3) is 3.74. The normalized spacial score (nSPS) is 14.6. The lowest BCUT2D eigenvalue weighted by atomic mass is 10.00. The van der Waals surface area contributed by atoms with E-state index in [0.717, 1.165) is 16.1 Å². The highest BCUT2D eigenvalue weighted by atomic mass is 32.2. The molecule has 0 unspecified atom stereocenters. The molecule has 2 aromatic rings. The van der Waals surface area contributed by atoms with Gasteiger partial charge in [0.05, 0.1) is 18.0 Å². The van der Waals surface area contributed by atoms with E-state index in [1.54, 1.807) is 36.3 Å². The van der Waals surface area contributed by atoms with Crippen LogP contribution < -0.4 is 5.73 Å². The Balaban J connectivity index is 1.81. The summed E-state index contributed by atoms with van der Waals surface area (Å²) < 4.78 is 26.9. The lowest BCUT2D eigenvalue weighted by Gasteiger charge is -2.29. The fourth-order valence-corrected chi connectivity index (χ4v) is 4.75. The van der Waals surface area contributed by atoms with Gasteiger partial charge in [0.2, 0.25) is 15.9 Å². The second kappa shape index (κ2) is 7.20. The SMILES string of the molecule is CN(Cc1nccs1)S(=O)(=O)c1ccc2c(c1)CCN(C(=O)CN)C2. The standard InChI is InChI=1S/C16H20N4O3S2/c1-19(11-15-18-5-7-24-15)25(22,23)14-3-2-13-10-20(16(21)9-17)6-4-12(13)8-14/h2-3,5,7-8H,4,6,9-11,17H2,1H3. The van der Waals surface area contributed by atoms with Crippen LogP contribution in [-0.2, 0) is 34.3 Å². The molecule has 0 atom stereocenters. The number of carbonyl (C=O) groups is 1. The summed E-state index contributed by atoms with van der Waals surface area (Å²) in [6.45, 7) is 1.27. The van der Waals surface area contributed by atoms with Crippen molar-refractivity contribution in [2.24, 2.45) is 5.73 Å². The molecule has 0 fully saturated rings. The zero-order chi connectivity index (χ0) is 18.0. The molecule has 1 aromatic carbocycles. The van der Waals surface area contributed by atoms with E-state index in [4.69, 9.17) is 5.73 Å². The topological polar surface area (TPSA) is 96.6 Å². The quantitative estimate of drug-likeness (QED) is 0.828. The zero-order valence-electron chi connectivity index (χ0n) is 13.9. The van der Waals surface area contributed by atoms with Gasteiger partial charge in [0.25, 0.3) is 0 Å². The molecule has 1 amide bonds. The number of fused-ring (bicyclic) bond motifs is 1. The average Bonchev–Trinajstić information content (AvgIpc) is 3.13. The molecule has 0 bridgehead atoms. The highest BCUT2D eigenvalue weighted by Crippen LogP contribution is 2.25. The Morgan fingerprint density at radius 1 is 1.40 bits per heavy atom. The van der Waals surface area contributed by atoms with Crippen molar-refractivity contribution in [1.29, 1.82) is 0 Å². The van der Waals surface area contributed by atoms with Gasteiger partial charge in [0, 0.05) is 31.7 Å². The first-order chi connectivity index (χ1) is 11.9. The second-order valence-electron chi connectivity index (χ2n) is 5.89. The molecule has 2 N–H and O–H groups in total. The van der Waals surface area contributed by atoms with E-state index < -0.39 is 10.0 Å². The Kier molecular flexibility index (Phi) is 5.19. The first-order valence-electron chi connectivity index (χ1n) is 7.86. The number of nitrogens with two attached hydrogens (primary N) is 1. The van der Waals surface area contributed by atoms with Crippen molar-refractivity contribution in [2.45, 2.75) is 24.4 Å². The van der Waals surface area contributed by atoms with Gasteiger partial charge >= 0.3 is 0 Å². The van der Waals surface area contributed by atoms with Crippen molar-refractivity contribution < 1.29 is 13.2 Å². The molecule has 9 heteroatoms. The lowest BCUT2D eigenvalue weighted by Crippen LogP contribution is -2.39. The summed E-state index contributed by atoms with van der Waals surface area (Å²) in [4.78, 5) is 17.8. The van der Waals surface area contributed by atoms with E-state index >= 15 is 0 Å². The van der Waals surface area contributed by atoms with Crippen molar-refractivity contribution in [1.82, 2.24) is 14.2 Å². The van der Waals surface area contributed by atoms with Gasteiger partial charge in [-0.25, -0.2) is 13.4 Å². The number of aromatic nitrogens is 1. The first kappa shape index (κ1) is 18.0. The molecule has 0 saturated carbocycles. The predicted octanol–water partition coefficient (Wildman–Crippen LogP) is 0.807. The van der Waals surface area contributed by atoms with Crippen molar-refractivity contribution in [3.8, 4) is 0 Å². The van der Waals surface area contributed by atoms with Gasteiger partial charge in [-0.05, 0) is 29.7 Å². The highest BCUT2D eigenvalue weighted by molar-refractivity contribution is 7.89. The number of nitrogens with zero attached hydrogens (tertiary/aromatic N) is 3. The number of amides is 1. The molecule has 3 rings (SSSR count). The van der Waals surface area contributed by atoms with E-state index in [-0.39, 0.29) is 23.9 Å². The molecule has 0 aliphatic carbocycles. The monoisotopic (exact) mass is 380 g/mol. The van der Waals surface area contributed by atoms with Crippen LogP contribution in [-0.4, -0.2) is 48.7 Å². The molecule has 7 nitrogen and oxygen atoms in total.